The smallest absolute Gasteiger partial charge is 0.217 e. The maximum absolute atomic E-state index is 12.1. The molecule has 3 rings (SSSR count). The molecule has 24 heavy (non-hydrogen) atoms. The lowest BCUT2D eigenvalue weighted by atomic mass is 10.1. The number of nitrogens with zero attached hydrogens (tertiary/aromatic N) is 1. The minimum atomic E-state index is -3.69. The van der Waals surface area contributed by atoms with Crippen LogP contribution in [0.5, 0.6) is 0 Å². The number of aromatic nitrogens is 1. The van der Waals surface area contributed by atoms with E-state index < -0.39 is 15.3 Å². The first-order chi connectivity index (χ1) is 11.3. The number of nitrogens with two attached hydrogens (primary N) is 1. The van der Waals surface area contributed by atoms with Crippen molar-refractivity contribution in [2.45, 2.75) is 23.4 Å². The lowest BCUT2D eigenvalue weighted by molar-refractivity contribution is 0.588. The molecule has 0 saturated heterocycles. The van der Waals surface area contributed by atoms with E-state index in [1.54, 1.807) is 11.3 Å². The van der Waals surface area contributed by atoms with E-state index in [1.165, 1.54) is 11.8 Å². The molecule has 7 heteroatoms. The zero-order valence-electron chi connectivity index (χ0n) is 13.4. The van der Waals surface area contributed by atoms with Gasteiger partial charge in [0, 0.05) is 5.75 Å². The molecule has 2 N–H and O–H groups in total. The maximum Gasteiger partial charge on any atom is 0.217 e. The van der Waals surface area contributed by atoms with Crippen molar-refractivity contribution in [3.63, 3.8) is 0 Å². The van der Waals surface area contributed by atoms with Gasteiger partial charge in [-0.1, -0.05) is 42.1 Å². The lowest BCUT2D eigenvalue weighted by Gasteiger charge is -2.16. The summed E-state index contributed by atoms with van der Waals surface area (Å²) in [6.45, 7) is 3.93. The minimum Gasteiger partial charge on any atom is -0.230 e. The summed E-state index contributed by atoms with van der Waals surface area (Å²) in [6, 6.07) is 13.6. The van der Waals surface area contributed by atoms with Crippen LogP contribution >= 0.6 is 23.1 Å². The summed E-state index contributed by atoms with van der Waals surface area (Å²) in [5.41, 5.74) is 3.79. The number of benzene rings is 2. The van der Waals surface area contributed by atoms with E-state index in [-0.39, 0.29) is 0 Å². The van der Waals surface area contributed by atoms with Crippen LogP contribution < -0.4 is 5.14 Å². The van der Waals surface area contributed by atoms with E-state index >= 15 is 0 Å². The van der Waals surface area contributed by atoms with Crippen molar-refractivity contribution in [1.29, 1.82) is 0 Å². The average molecular weight is 379 g/mol. The summed E-state index contributed by atoms with van der Waals surface area (Å²) in [7, 11) is -3.69. The molecular weight excluding hydrogens is 360 g/mol. The van der Waals surface area contributed by atoms with Crippen LogP contribution in [-0.2, 0) is 10.0 Å². The molecule has 0 aliphatic carbocycles. The number of thiazole rings is 1. The second-order valence-electron chi connectivity index (χ2n) is 5.70. The first-order valence-electron chi connectivity index (χ1n) is 7.42. The Morgan fingerprint density at radius 2 is 1.96 bits per heavy atom. The van der Waals surface area contributed by atoms with E-state index in [0.29, 0.717) is 5.75 Å². The van der Waals surface area contributed by atoms with E-state index in [9.17, 15) is 8.42 Å². The Morgan fingerprint density at radius 1 is 1.21 bits per heavy atom. The second-order valence-corrected chi connectivity index (χ2v) is 9.74. The summed E-state index contributed by atoms with van der Waals surface area (Å²) in [5, 5.41) is 4.74. The van der Waals surface area contributed by atoms with Gasteiger partial charge in [-0.05, 0) is 42.7 Å². The van der Waals surface area contributed by atoms with E-state index in [2.05, 4.69) is 11.1 Å². The van der Waals surface area contributed by atoms with Crippen molar-refractivity contribution >= 4 is 43.3 Å². The molecule has 1 unspecified atom stereocenters. The summed E-state index contributed by atoms with van der Waals surface area (Å²) < 4.78 is 26.1. The highest BCUT2D eigenvalue weighted by atomic mass is 32.2. The molecule has 0 aliphatic heterocycles. The third-order valence-electron chi connectivity index (χ3n) is 3.81. The molecule has 0 amide bonds. The molecule has 126 valence electrons. The number of aryl methyl sites for hydroxylation is 2. The number of sulfonamides is 1. The van der Waals surface area contributed by atoms with Crippen LogP contribution in [0.2, 0.25) is 0 Å². The van der Waals surface area contributed by atoms with Gasteiger partial charge in [0.05, 0.1) is 10.2 Å². The zero-order valence-corrected chi connectivity index (χ0v) is 15.8. The Kier molecular flexibility index (Phi) is 4.96. The standard InChI is InChI=1S/C17H18N2O2S3/c1-11-7-8-15-14(9-11)19-17(23-15)22-10-16(24(18,20)21)13-6-4-3-5-12(13)2/h3-9,16H,10H2,1-2H3,(H2,18,20,21). The van der Waals surface area contributed by atoms with Gasteiger partial charge in [-0.25, -0.2) is 18.5 Å². The molecule has 0 spiro atoms. The van der Waals surface area contributed by atoms with Crippen LogP contribution in [0.25, 0.3) is 10.2 Å². The fraction of sp³-hybridized carbons (Fsp3) is 0.235. The molecular formula is C17H18N2O2S3. The Bertz CT molecular complexity index is 980. The van der Waals surface area contributed by atoms with E-state index in [4.69, 9.17) is 5.14 Å². The monoisotopic (exact) mass is 378 g/mol. The van der Waals surface area contributed by atoms with Gasteiger partial charge in [0.15, 0.2) is 4.34 Å². The van der Waals surface area contributed by atoms with Crippen molar-refractivity contribution < 1.29 is 8.42 Å². The van der Waals surface area contributed by atoms with Crippen LogP contribution in [-0.4, -0.2) is 19.2 Å². The molecule has 2 aromatic carbocycles. The van der Waals surface area contributed by atoms with Gasteiger partial charge in [0.25, 0.3) is 0 Å². The van der Waals surface area contributed by atoms with Crippen molar-refractivity contribution in [3.8, 4) is 0 Å². The molecule has 1 atom stereocenters. The molecule has 4 nitrogen and oxygen atoms in total. The molecule has 0 aliphatic rings. The molecule has 0 saturated carbocycles. The van der Waals surface area contributed by atoms with Crippen LogP contribution in [0.15, 0.2) is 46.8 Å². The van der Waals surface area contributed by atoms with Gasteiger partial charge in [-0.2, -0.15) is 0 Å². The summed E-state index contributed by atoms with van der Waals surface area (Å²) in [5.74, 6) is 0.350. The summed E-state index contributed by atoms with van der Waals surface area (Å²) in [4.78, 5) is 4.59. The minimum absolute atomic E-state index is 0.350. The third kappa shape index (κ3) is 3.80. The quantitative estimate of drug-likeness (QED) is 0.680. The molecule has 1 aromatic heterocycles. The Labute approximate surface area is 150 Å². The number of fused-ring (bicyclic) bond motifs is 1. The molecule has 0 bridgehead atoms. The van der Waals surface area contributed by atoms with Crippen LogP contribution in [0.3, 0.4) is 0 Å². The second kappa shape index (κ2) is 6.84. The van der Waals surface area contributed by atoms with Crippen LogP contribution in [0.4, 0.5) is 0 Å². The van der Waals surface area contributed by atoms with Gasteiger partial charge in [-0.15, -0.1) is 11.3 Å². The number of primary sulfonamides is 1. The van der Waals surface area contributed by atoms with Crippen molar-refractivity contribution in [2.75, 3.05) is 5.75 Å². The number of thioether (sulfide) groups is 1. The highest BCUT2D eigenvalue weighted by Gasteiger charge is 2.25. The zero-order chi connectivity index (χ0) is 17.3. The predicted octanol–water partition coefficient (Wildman–Crippen LogP) is 4.04. The Balaban J connectivity index is 1.87. The van der Waals surface area contributed by atoms with Gasteiger partial charge in [0.2, 0.25) is 10.0 Å². The fourth-order valence-corrected chi connectivity index (χ4v) is 6.14. The van der Waals surface area contributed by atoms with Crippen molar-refractivity contribution in [1.82, 2.24) is 4.98 Å². The predicted molar refractivity (Wildman–Crippen MR) is 102 cm³/mol. The SMILES string of the molecule is Cc1ccc2sc(SCC(c3ccccc3C)S(N)(=O)=O)nc2c1. The van der Waals surface area contributed by atoms with Gasteiger partial charge in [-0.3, -0.25) is 0 Å². The number of hydrogen-bond donors (Lipinski definition) is 1. The highest BCUT2D eigenvalue weighted by molar-refractivity contribution is 8.02. The average Bonchev–Trinajstić information content (AvgIpc) is 2.89. The fourth-order valence-electron chi connectivity index (χ4n) is 2.53. The normalized spacial score (nSPS) is 13.3. The third-order valence-corrected chi connectivity index (χ3v) is 7.51. The first-order valence-corrected chi connectivity index (χ1v) is 10.8. The van der Waals surface area contributed by atoms with Crippen LogP contribution in [0, 0.1) is 13.8 Å². The number of hydrogen-bond acceptors (Lipinski definition) is 5. The number of rotatable bonds is 5. The lowest BCUT2D eigenvalue weighted by Crippen LogP contribution is -2.24. The topological polar surface area (TPSA) is 73.1 Å². The van der Waals surface area contributed by atoms with Gasteiger partial charge >= 0.3 is 0 Å². The van der Waals surface area contributed by atoms with E-state index in [0.717, 1.165) is 31.2 Å². The van der Waals surface area contributed by atoms with Crippen molar-refractivity contribution in [2.24, 2.45) is 5.14 Å². The highest BCUT2D eigenvalue weighted by Crippen LogP contribution is 2.35. The van der Waals surface area contributed by atoms with Crippen molar-refractivity contribution in [3.05, 3.63) is 59.2 Å². The largest absolute Gasteiger partial charge is 0.230 e. The Hall–Kier alpha value is -1.41. The molecule has 1 heterocycles. The molecule has 0 fully saturated rings. The molecule has 0 radical (unpaired) electrons. The Morgan fingerprint density at radius 3 is 2.67 bits per heavy atom. The first kappa shape index (κ1) is 17.4. The summed E-state index contributed by atoms with van der Waals surface area (Å²) >= 11 is 3.01. The van der Waals surface area contributed by atoms with Gasteiger partial charge in [0.1, 0.15) is 5.25 Å². The van der Waals surface area contributed by atoms with E-state index in [1.807, 2.05) is 50.2 Å². The molecule has 3 aromatic rings. The maximum atomic E-state index is 12.1. The van der Waals surface area contributed by atoms with Crippen LogP contribution in [0.1, 0.15) is 21.9 Å². The summed E-state index contributed by atoms with van der Waals surface area (Å²) in [6.07, 6.45) is 0. The van der Waals surface area contributed by atoms with Gasteiger partial charge < -0.3 is 0 Å².